The number of hydrogen-bond donors (Lipinski definition) is 2. The lowest BCUT2D eigenvalue weighted by Crippen LogP contribution is -2.15. The summed E-state index contributed by atoms with van der Waals surface area (Å²) in [6, 6.07) is 6.75. The van der Waals surface area contributed by atoms with Gasteiger partial charge in [-0.3, -0.25) is 9.89 Å². The molecule has 0 radical (unpaired) electrons. The fourth-order valence-corrected chi connectivity index (χ4v) is 2.67. The number of aromatic nitrogens is 3. The molecule has 22 heavy (non-hydrogen) atoms. The summed E-state index contributed by atoms with van der Waals surface area (Å²) in [5, 5.41) is 19.7. The molecule has 0 atom stereocenters. The molecule has 1 fully saturated rings. The molecule has 0 spiro atoms. The predicted molar refractivity (Wildman–Crippen MR) is 83.9 cm³/mol. The zero-order valence-corrected chi connectivity index (χ0v) is 13.0. The van der Waals surface area contributed by atoms with Crippen LogP contribution in [0.15, 0.2) is 23.4 Å². The van der Waals surface area contributed by atoms with E-state index in [4.69, 9.17) is 16.9 Å². The SMILES string of the molecule is N#Cc1ccc(Cl)cc1NC(=O)CSc1n[nH]c(C2CC2)n1. The number of thioether (sulfide) groups is 1. The number of carbonyl (C=O) groups excluding carboxylic acids is 1. The molecule has 112 valence electrons. The van der Waals surface area contributed by atoms with Crippen LogP contribution in [-0.4, -0.2) is 26.8 Å². The Morgan fingerprint density at radius 1 is 1.55 bits per heavy atom. The van der Waals surface area contributed by atoms with Crippen molar-refractivity contribution in [3.63, 3.8) is 0 Å². The average molecular weight is 334 g/mol. The minimum absolute atomic E-state index is 0.166. The second kappa shape index (κ2) is 6.38. The second-order valence-electron chi connectivity index (χ2n) is 4.92. The molecular formula is C14H12ClN5OS. The van der Waals surface area contributed by atoms with Crippen molar-refractivity contribution in [3.05, 3.63) is 34.6 Å². The third-order valence-electron chi connectivity index (χ3n) is 3.15. The van der Waals surface area contributed by atoms with Gasteiger partial charge >= 0.3 is 0 Å². The molecule has 0 aliphatic heterocycles. The van der Waals surface area contributed by atoms with Gasteiger partial charge in [0.05, 0.1) is 17.0 Å². The molecule has 8 heteroatoms. The van der Waals surface area contributed by atoms with Crippen molar-refractivity contribution < 1.29 is 4.79 Å². The summed E-state index contributed by atoms with van der Waals surface area (Å²) in [6.45, 7) is 0. The highest BCUT2D eigenvalue weighted by Gasteiger charge is 2.27. The average Bonchev–Trinajstić information content (AvgIpc) is 3.24. The molecule has 1 aliphatic carbocycles. The quantitative estimate of drug-likeness (QED) is 0.820. The third kappa shape index (κ3) is 3.59. The summed E-state index contributed by atoms with van der Waals surface area (Å²) < 4.78 is 0. The van der Waals surface area contributed by atoms with E-state index in [9.17, 15) is 4.79 Å². The van der Waals surface area contributed by atoms with Gasteiger partial charge in [-0.15, -0.1) is 5.10 Å². The number of nitrogens with zero attached hydrogens (tertiary/aromatic N) is 3. The van der Waals surface area contributed by atoms with Gasteiger partial charge < -0.3 is 5.32 Å². The van der Waals surface area contributed by atoms with E-state index in [0.717, 1.165) is 18.7 Å². The van der Waals surface area contributed by atoms with Gasteiger partial charge in [-0.25, -0.2) is 4.98 Å². The Morgan fingerprint density at radius 2 is 2.36 bits per heavy atom. The van der Waals surface area contributed by atoms with Crippen molar-refractivity contribution in [2.75, 3.05) is 11.1 Å². The van der Waals surface area contributed by atoms with Crippen LogP contribution < -0.4 is 5.32 Å². The van der Waals surface area contributed by atoms with Crippen LogP contribution in [0.4, 0.5) is 5.69 Å². The fraction of sp³-hybridized carbons (Fsp3) is 0.286. The van der Waals surface area contributed by atoms with Gasteiger partial charge in [-0.05, 0) is 31.0 Å². The molecule has 2 aromatic rings. The molecule has 2 N–H and O–H groups in total. The lowest BCUT2D eigenvalue weighted by atomic mass is 10.2. The highest BCUT2D eigenvalue weighted by atomic mass is 35.5. The van der Waals surface area contributed by atoms with E-state index < -0.39 is 0 Å². The number of rotatable bonds is 5. The molecule has 3 rings (SSSR count). The number of aromatic amines is 1. The van der Waals surface area contributed by atoms with Crippen LogP contribution >= 0.6 is 23.4 Å². The van der Waals surface area contributed by atoms with Crippen molar-refractivity contribution in [1.82, 2.24) is 15.2 Å². The number of H-pyrrole nitrogens is 1. The molecule has 0 unspecified atom stereocenters. The van der Waals surface area contributed by atoms with Gasteiger partial charge in [0.15, 0.2) is 0 Å². The van der Waals surface area contributed by atoms with E-state index in [0.29, 0.717) is 27.3 Å². The Kier molecular flexibility index (Phi) is 4.32. The largest absolute Gasteiger partial charge is 0.324 e. The number of carbonyl (C=O) groups is 1. The number of hydrogen-bond acceptors (Lipinski definition) is 5. The summed E-state index contributed by atoms with van der Waals surface area (Å²) in [6.07, 6.45) is 2.29. The van der Waals surface area contributed by atoms with E-state index in [-0.39, 0.29) is 11.7 Å². The Bertz CT molecular complexity index is 750. The molecule has 1 heterocycles. The van der Waals surface area contributed by atoms with Crippen molar-refractivity contribution in [2.24, 2.45) is 0 Å². The number of anilines is 1. The topological polar surface area (TPSA) is 94.5 Å². The number of amides is 1. The van der Waals surface area contributed by atoms with Crippen LogP contribution in [0.5, 0.6) is 0 Å². The summed E-state index contributed by atoms with van der Waals surface area (Å²) in [5.74, 6) is 1.32. The zero-order valence-electron chi connectivity index (χ0n) is 11.5. The van der Waals surface area contributed by atoms with E-state index >= 15 is 0 Å². The predicted octanol–water partition coefficient (Wildman–Crippen LogP) is 2.94. The number of benzene rings is 1. The third-order valence-corrected chi connectivity index (χ3v) is 4.24. The molecular weight excluding hydrogens is 322 g/mol. The van der Waals surface area contributed by atoms with Crippen molar-refractivity contribution in [2.45, 2.75) is 23.9 Å². The molecule has 0 bridgehead atoms. The van der Waals surface area contributed by atoms with Crippen LogP contribution in [-0.2, 0) is 4.79 Å². The summed E-state index contributed by atoms with van der Waals surface area (Å²) in [5.41, 5.74) is 0.783. The van der Waals surface area contributed by atoms with E-state index in [1.165, 1.54) is 11.8 Å². The van der Waals surface area contributed by atoms with Crippen LogP contribution in [0.1, 0.15) is 30.1 Å². The van der Waals surface area contributed by atoms with Crippen LogP contribution in [0.2, 0.25) is 5.02 Å². The second-order valence-corrected chi connectivity index (χ2v) is 6.29. The molecule has 1 aromatic heterocycles. The Hall–Kier alpha value is -2.04. The lowest BCUT2D eigenvalue weighted by Gasteiger charge is -2.06. The Labute approximate surface area is 136 Å². The van der Waals surface area contributed by atoms with Crippen LogP contribution in [0.25, 0.3) is 0 Å². The Morgan fingerprint density at radius 3 is 3.09 bits per heavy atom. The van der Waals surface area contributed by atoms with E-state index in [2.05, 4.69) is 20.5 Å². The van der Waals surface area contributed by atoms with Crippen molar-refractivity contribution in [1.29, 1.82) is 5.26 Å². The highest BCUT2D eigenvalue weighted by molar-refractivity contribution is 7.99. The maximum atomic E-state index is 12.0. The number of nitrogens with one attached hydrogen (secondary N) is 2. The van der Waals surface area contributed by atoms with Crippen LogP contribution in [0.3, 0.4) is 0 Å². The molecule has 1 aliphatic rings. The molecule has 1 saturated carbocycles. The monoisotopic (exact) mass is 333 g/mol. The van der Waals surface area contributed by atoms with Gasteiger partial charge in [0.1, 0.15) is 11.9 Å². The van der Waals surface area contributed by atoms with Crippen molar-refractivity contribution >= 4 is 35.0 Å². The minimum atomic E-state index is -0.235. The minimum Gasteiger partial charge on any atom is -0.324 e. The van der Waals surface area contributed by atoms with Gasteiger partial charge in [0.2, 0.25) is 11.1 Å². The first-order valence-corrected chi connectivity index (χ1v) is 8.06. The van der Waals surface area contributed by atoms with E-state index in [1.807, 2.05) is 6.07 Å². The number of nitriles is 1. The summed E-state index contributed by atoms with van der Waals surface area (Å²) >= 11 is 7.13. The smallest absolute Gasteiger partial charge is 0.234 e. The molecule has 6 nitrogen and oxygen atoms in total. The zero-order chi connectivity index (χ0) is 15.5. The molecule has 0 saturated heterocycles. The first-order chi connectivity index (χ1) is 10.7. The van der Waals surface area contributed by atoms with Crippen LogP contribution in [0, 0.1) is 11.3 Å². The van der Waals surface area contributed by atoms with Gasteiger partial charge in [-0.2, -0.15) is 5.26 Å². The van der Waals surface area contributed by atoms with Gasteiger partial charge in [0.25, 0.3) is 0 Å². The maximum Gasteiger partial charge on any atom is 0.234 e. The lowest BCUT2D eigenvalue weighted by molar-refractivity contribution is -0.113. The first-order valence-electron chi connectivity index (χ1n) is 6.70. The standard InChI is InChI=1S/C14H12ClN5OS/c15-10-4-3-9(6-16)11(5-10)17-12(21)7-22-14-18-13(19-20-14)8-1-2-8/h3-5,8H,1-2,7H2,(H,17,21)(H,18,19,20). The maximum absolute atomic E-state index is 12.0. The van der Waals surface area contributed by atoms with Gasteiger partial charge in [-0.1, -0.05) is 23.4 Å². The first kappa shape index (κ1) is 14.9. The Balaban J connectivity index is 1.58. The van der Waals surface area contributed by atoms with Crippen molar-refractivity contribution in [3.8, 4) is 6.07 Å². The van der Waals surface area contributed by atoms with Gasteiger partial charge in [0, 0.05) is 10.9 Å². The summed E-state index contributed by atoms with van der Waals surface area (Å²) in [7, 11) is 0. The van der Waals surface area contributed by atoms with E-state index in [1.54, 1.807) is 18.2 Å². The molecule has 1 aromatic carbocycles. The highest BCUT2D eigenvalue weighted by Crippen LogP contribution is 2.38. The normalized spacial score (nSPS) is 13.6. The summed E-state index contributed by atoms with van der Waals surface area (Å²) in [4.78, 5) is 16.3. The molecule has 1 amide bonds. The number of halogens is 1. The fourth-order valence-electron chi connectivity index (χ4n) is 1.90.